The van der Waals surface area contributed by atoms with Crippen LogP contribution >= 0.6 is 0 Å². The van der Waals surface area contributed by atoms with Crippen LogP contribution in [0.3, 0.4) is 0 Å². The van der Waals surface area contributed by atoms with Crippen molar-refractivity contribution in [3.63, 3.8) is 0 Å². The number of rotatable bonds is 1. The lowest BCUT2D eigenvalue weighted by Gasteiger charge is -2.19. The lowest BCUT2D eigenvalue weighted by molar-refractivity contribution is -0.134. The smallest absolute Gasteiger partial charge is 0.300 e. The van der Waals surface area contributed by atoms with Crippen molar-refractivity contribution in [3.8, 4) is 0 Å². The summed E-state index contributed by atoms with van der Waals surface area (Å²) in [7, 11) is 0. The van der Waals surface area contributed by atoms with Crippen LogP contribution in [0.5, 0.6) is 0 Å². The molecule has 1 aliphatic heterocycles. The lowest BCUT2D eigenvalue weighted by Crippen LogP contribution is -2.22. The minimum atomic E-state index is -0.833. The number of aliphatic hydroxyl groups excluding tert-OH is 1. The largest absolute Gasteiger partial charge is 0.481 e. The van der Waals surface area contributed by atoms with Crippen LogP contribution in [0.2, 0.25) is 0 Å². The summed E-state index contributed by atoms with van der Waals surface area (Å²) in [5, 5.41) is 16.0. The molecule has 1 atom stereocenters. The summed E-state index contributed by atoms with van der Waals surface area (Å²) in [6.45, 7) is 2.12. The molecule has 1 unspecified atom stereocenters. The third-order valence-corrected chi connectivity index (χ3v) is 1.48. The second-order valence-electron chi connectivity index (χ2n) is 2.69. The molecule has 0 aromatic carbocycles. The van der Waals surface area contributed by atoms with Gasteiger partial charge in [-0.15, -0.1) is 0 Å². The number of hydrogen-bond acceptors (Lipinski definition) is 3. The summed E-state index contributed by atoms with van der Waals surface area (Å²) in [5.41, 5.74) is 0. The number of carboxylic acids is 1. The van der Waals surface area contributed by atoms with E-state index in [9.17, 15) is 0 Å². The van der Waals surface area contributed by atoms with Crippen molar-refractivity contribution >= 4 is 5.97 Å². The van der Waals surface area contributed by atoms with E-state index in [0.717, 1.165) is 26.4 Å². The standard InChI is InChI=1S/C6H12O2.C2H4O2/c7-5-6-3-1-2-4-8-6;1-2(3)4/h6-7H,1-5H2;1H3,(H,3,4). The Morgan fingerprint density at radius 3 is 2.42 bits per heavy atom. The Hall–Kier alpha value is -0.610. The Labute approximate surface area is 72.2 Å². The van der Waals surface area contributed by atoms with Crippen molar-refractivity contribution < 1.29 is 19.7 Å². The Balaban J connectivity index is 0.000000261. The molecule has 4 nitrogen and oxygen atoms in total. The molecular formula is C8H16O4. The van der Waals surface area contributed by atoms with Gasteiger partial charge in [-0.05, 0) is 19.3 Å². The van der Waals surface area contributed by atoms with Crippen LogP contribution in [0.1, 0.15) is 26.2 Å². The van der Waals surface area contributed by atoms with E-state index in [-0.39, 0.29) is 12.7 Å². The second kappa shape index (κ2) is 7.06. The highest BCUT2D eigenvalue weighted by atomic mass is 16.5. The molecule has 0 aliphatic carbocycles. The Kier molecular flexibility index (Phi) is 6.70. The van der Waals surface area contributed by atoms with Gasteiger partial charge in [-0.25, -0.2) is 0 Å². The molecule has 0 aromatic heterocycles. The van der Waals surface area contributed by atoms with Crippen molar-refractivity contribution in [3.05, 3.63) is 0 Å². The summed E-state index contributed by atoms with van der Waals surface area (Å²) in [5.74, 6) is -0.833. The van der Waals surface area contributed by atoms with Gasteiger partial charge in [-0.1, -0.05) is 0 Å². The molecule has 0 amide bonds. The summed E-state index contributed by atoms with van der Waals surface area (Å²) in [6.07, 6.45) is 3.56. The van der Waals surface area contributed by atoms with Crippen molar-refractivity contribution in [2.24, 2.45) is 0 Å². The average molecular weight is 176 g/mol. The van der Waals surface area contributed by atoms with E-state index in [0.29, 0.717) is 0 Å². The SMILES string of the molecule is CC(=O)O.OCC1CCCCO1. The zero-order chi connectivity index (χ0) is 9.40. The molecule has 12 heavy (non-hydrogen) atoms. The Morgan fingerprint density at radius 1 is 1.58 bits per heavy atom. The summed E-state index contributed by atoms with van der Waals surface area (Å²) in [6, 6.07) is 0. The van der Waals surface area contributed by atoms with Gasteiger partial charge in [0.15, 0.2) is 0 Å². The van der Waals surface area contributed by atoms with Crippen molar-refractivity contribution in [1.29, 1.82) is 0 Å². The highest BCUT2D eigenvalue weighted by Gasteiger charge is 2.10. The van der Waals surface area contributed by atoms with Crippen molar-refractivity contribution in [2.75, 3.05) is 13.2 Å². The van der Waals surface area contributed by atoms with Crippen LogP contribution in [0.15, 0.2) is 0 Å². The van der Waals surface area contributed by atoms with Crippen LogP contribution in [0, 0.1) is 0 Å². The van der Waals surface area contributed by atoms with E-state index >= 15 is 0 Å². The number of carboxylic acid groups (broad SMARTS) is 1. The highest BCUT2D eigenvalue weighted by Crippen LogP contribution is 2.10. The molecule has 1 saturated heterocycles. The molecule has 0 spiro atoms. The summed E-state index contributed by atoms with van der Waals surface area (Å²) < 4.78 is 5.18. The van der Waals surface area contributed by atoms with E-state index in [1.165, 1.54) is 6.42 Å². The predicted octanol–water partition coefficient (Wildman–Crippen LogP) is 0.639. The molecule has 0 radical (unpaired) electrons. The average Bonchev–Trinajstić information content (AvgIpc) is 2.05. The fourth-order valence-electron chi connectivity index (χ4n) is 0.951. The van der Waals surface area contributed by atoms with Gasteiger partial charge in [0.2, 0.25) is 0 Å². The number of carbonyl (C=O) groups is 1. The first-order valence-corrected chi connectivity index (χ1v) is 4.08. The highest BCUT2D eigenvalue weighted by molar-refractivity contribution is 5.62. The molecule has 0 bridgehead atoms. The second-order valence-corrected chi connectivity index (χ2v) is 2.69. The van der Waals surface area contributed by atoms with Crippen molar-refractivity contribution in [2.45, 2.75) is 32.3 Å². The maximum Gasteiger partial charge on any atom is 0.300 e. The molecule has 4 heteroatoms. The van der Waals surface area contributed by atoms with Gasteiger partial charge in [0.25, 0.3) is 5.97 Å². The number of aliphatic carboxylic acids is 1. The first-order chi connectivity index (χ1) is 5.66. The first-order valence-electron chi connectivity index (χ1n) is 4.08. The molecular weight excluding hydrogens is 160 g/mol. The van der Waals surface area contributed by atoms with Gasteiger partial charge in [-0.2, -0.15) is 0 Å². The van der Waals surface area contributed by atoms with Crippen LogP contribution in [0.4, 0.5) is 0 Å². The lowest BCUT2D eigenvalue weighted by atomic mass is 10.1. The fourth-order valence-corrected chi connectivity index (χ4v) is 0.951. The maximum absolute atomic E-state index is 9.00. The molecule has 0 aromatic rings. The summed E-state index contributed by atoms with van der Waals surface area (Å²) in [4.78, 5) is 9.00. The molecule has 1 aliphatic rings. The normalized spacial score (nSPS) is 22.3. The van der Waals surface area contributed by atoms with E-state index in [4.69, 9.17) is 19.7 Å². The van der Waals surface area contributed by atoms with Gasteiger partial charge in [0.05, 0.1) is 12.7 Å². The van der Waals surface area contributed by atoms with Crippen LogP contribution in [-0.2, 0) is 9.53 Å². The topological polar surface area (TPSA) is 66.8 Å². The molecule has 1 rings (SSSR count). The zero-order valence-corrected chi connectivity index (χ0v) is 7.32. The van der Waals surface area contributed by atoms with E-state index in [1.807, 2.05) is 0 Å². The third-order valence-electron chi connectivity index (χ3n) is 1.48. The number of aliphatic hydroxyl groups is 1. The summed E-state index contributed by atoms with van der Waals surface area (Å²) >= 11 is 0. The molecule has 72 valence electrons. The monoisotopic (exact) mass is 176 g/mol. The molecule has 2 N–H and O–H groups in total. The van der Waals surface area contributed by atoms with Crippen LogP contribution in [0.25, 0.3) is 0 Å². The minimum Gasteiger partial charge on any atom is -0.481 e. The van der Waals surface area contributed by atoms with Crippen LogP contribution in [-0.4, -0.2) is 35.5 Å². The third kappa shape index (κ3) is 7.50. The Bertz CT molecular complexity index is 114. The predicted molar refractivity (Wildman–Crippen MR) is 44.0 cm³/mol. The quantitative estimate of drug-likeness (QED) is 0.615. The fraction of sp³-hybridized carbons (Fsp3) is 0.875. The van der Waals surface area contributed by atoms with Crippen molar-refractivity contribution in [1.82, 2.24) is 0 Å². The van der Waals surface area contributed by atoms with Gasteiger partial charge < -0.3 is 14.9 Å². The van der Waals surface area contributed by atoms with Gasteiger partial charge in [0, 0.05) is 13.5 Å². The number of ether oxygens (including phenoxy) is 1. The minimum absolute atomic E-state index is 0.142. The van der Waals surface area contributed by atoms with Gasteiger partial charge in [-0.3, -0.25) is 4.79 Å². The van der Waals surface area contributed by atoms with E-state index in [1.54, 1.807) is 0 Å². The Morgan fingerprint density at radius 2 is 2.17 bits per heavy atom. The van der Waals surface area contributed by atoms with Gasteiger partial charge in [0.1, 0.15) is 0 Å². The van der Waals surface area contributed by atoms with Crippen LogP contribution < -0.4 is 0 Å². The zero-order valence-electron chi connectivity index (χ0n) is 7.32. The molecule has 1 fully saturated rings. The van der Waals surface area contributed by atoms with E-state index < -0.39 is 5.97 Å². The van der Waals surface area contributed by atoms with Gasteiger partial charge >= 0.3 is 0 Å². The first kappa shape index (κ1) is 11.4. The number of hydrogen-bond donors (Lipinski definition) is 2. The maximum atomic E-state index is 9.00. The molecule has 1 heterocycles. The van der Waals surface area contributed by atoms with E-state index in [2.05, 4.69) is 0 Å². The molecule has 0 saturated carbocycles.